The van der Waals surface area contributed by atoms with E-state index in [9.17, 15) is 0 Å². The average Bonchev–Trinajstić information content (AvgIpc) is 2.82. The molecular formula is C14H16BrNO2. The third kappa shape index (κ3) is 2.76. The molecule has 1 aromatic carbocycles. The summed E-state index contributed by atoms with van der Waals surface area (Å²) in [5.74, 6) is 0.914. The fraction of sp³-hybridized carbons (Fsp3) is 0.286. The van der Waals surface area contributed by atoms with E-state index in [1.54, 1.807) is 13.4 Å². The molecule has 0 aliphatic heterocycles. The van der Waals surface area contributed by atoms with E-state index in [0.717, 1.165) is 22.4 Å². The summed E-state index contributed by atoms with van der Waals surface area (Å²) in [6.45, 7) is 0. The van der Waals surface area contributed by atoms with E-state index in [1.165, 1.54) is 5.56 Å². The third-order valence-electron chi connectivity index (χ3n) is 2.99. The highest BCUT2D eigenvalue weighted by Gasteiger charge is 2.17. The number of benzene rings is 1. The van der Waals surface area contributed by atoms with Crippen LogP contribution in [0.1, 0.15) is 17.2 Å². The molecule has 2 rings (SSSR count). The number of furan rings is 1. The lowest BCUT2D eigenvalue weighted by molar-refractivity contribution is 0.406. The Balaban J connectivity index is 2.23. The minimum absolute atomic E-state index is 0.189. The number of methoxy groups -OCH3 is 1. The maximum absolute atomic E-state index is 5.38. The molecule has 0 spiro atoms. The minimum Gasteiger partial charge on any atom is -0.496 e. The molecule has 1 heterocycles. The highest BCUT2D eigenvalue weighted by atomic mass is 79.9. The molecule has 0 bridgehead atoms. The van der Waals surface area contributed by atoms with Crippen LogP contribution in [0.3, 0.4) is 0 Å². The summed E-state index contributed by atoms with van der Waals surface area (Å²) in [5.41, 5.74) is 2.29. The summed E-state index contributed by atoms with van der Waals surface area (Å²) < 4.78 is 11.4. The fourth-order valence-electron chi connectivity index (χ4n) is 2.01. The molecule has 4 heteroatoms. The number of hydrogen-bond acceptors (Lipinski definition) is 3. The maximum Gasteiger partial charge on any atom is 0.173 e. The molecule has 1 aromatic heterocycles. The number of para-hydroxylation sites is 1. The molecule has 96 valence electrons. The van der Waals surface area contributed by atoms with Gasteiger partial charge in [-0.2, -0.15) is 0 Å². The first-order valence-electron chi connectivity index (χ1n) is 5.78. The van der Waals surface area contributed by atoms with E-state index in [1.807, 2.05) is 31.3 Å². The van der Waals surface area contributed by atoms with E-state index in [4.69, 9.17) is 9.15 Å². The predicted molar refractivity (Wildman–Crippen MR) is 74.9 cm³/mol. The number of halogens is 1. The monoisotopic (exact) mass is 309 g/mol. The molecule has 0 radical (unpaired) electrons. The van der Waals surface area contributed by atoms with E-state index in [2.05, 4.69) is 27.3 Å². The second-order valence-electron chi connectivity index (χ2n) is 4.01. The minimum atomic E-state index is 0.189. The van der Waals surface area contributed by atoms with Crippen molar-refractivity contribution in [1.29, 1.82) is 0 Å². The van der Waals surface area contributed by atoms with Gasteiger partial charge in [0.1, 0.15) is 5.75 Å². The third-order valence-corrected chi connectivity index (χ3v) is 3.63. The van der Waals surface area contributed by atoms with Crippen LogP contribution >= 0.6 is 15.9 Å². The molecule has 0 saturated carbocycles. The molecular weight excluding hydrogens is 294 g/mol. The molecule has 0 saturated heterocycles. The lowest BCUT2D eigenvalue weighted by atomic mass is 10.0. The van der Waals surface area contributed by atoms with E-state index >= 15 is 0 Å². The van der Waals surface area contributed by atoms with Crippen molar-refractivity contribution in [2.24, 2.45) is 0 Å². The van der Waals surface area contributed by atoms with Gasteiger partial charge >= 0.3 is 0 Å². The Morgan fingerprint density at radius 3 is 2.72 bits per heavy atom. The molecule has 3 nitrogen and oxygen atoms in total. The van der Waals surface area contributed by atoms with Gasteiger partial charge < -0.3 is 14.5 Å². The van der Waals surface area contributed by atoms with Gasteiger partial charge in [0.05, 0.1) is 13.4 Å². The Morgan fingerprint density at radius 1 is 1.33 bits per heavy atom. The van der Waals surface area contributed by atoms with Crippen LogP contribution < -0.4 is 10.1 Å². The maximum atomic E-state index is 5.38. The van der Waals surface area contributed by atoms with Gasteiger partial charge in [0.25, 0.3) is 0 Å². The SMILES string of the molecule is CNC(Cc1ccccc1OC)c1ccoc1Br. The molecule has 1 atom stereocenters. The molecule has 1 unspecified atom stereocenters. The Bertz CT molecular complexity index is 510. The molecule has 0 aliphatic rings. The van der Waals surface area contributed by atoms with Crippen LogP contribution in [0.2, 0.25) is 0 Å². The Morgan fingerprint density at radius 2 is 2.11 bits per heavy atom. The largest absolute Gasteiger partial charge is 0.496 e. The van der Waals surface area contributed by atoms with Gasteiger partial charge in [0, 0.05) is 11.6 Å². The summed E-state index contributed by atoms with van der Waals surface area (Å²) in [7, 11) is 3.64. The van der Waals surface area contributed by atoms with Crippen LogP contribution in [0.25, 0.3) is 0 Å². The first kappa shape index (κ1) is 13.2. The number of likely N-dealkylation sites (N-methyl/N-ethyl adjacent to an activating group) is 1. The summed E-state index contributed by atoms with van der Waals surface area (Å²) in [6.07, 6.45) is 2.53. The summed E-state index contributed by atoms with van der Waals surface area (Å²) in [4.78, 5) is 0. The van der Waals surface area contributed by atoms with Crippen LogP contribution in [0.5, 0.6) is 5.75 Å². The zero-order valence-electron chi connectivity index (χ0n) is 10.4. The molecule has 2 aromatic rings. The van der Waals surface area contributed by atoms with E-state index in [0.29, 0.717) is 0 Å². The van der Waals surface area contributed by atoms with Crippen LogP contribution in [0, 0.1) is 0 Å². The lowest BCUT2D eigenvalue weighted by Gasteiger charge is -2.17. The predicted octanol–water partition coefficient (Wildman–Crippen LogP) is 3.55. The van der Waals surface area contributed by atoms with Crippen LogP contribution in [0.4, 0.5) is 0 Å². The molecule has 1 N–H and O–H groups in total. The molecule has 18 heavy (non-hydrogen) atoms. The van der Waals surface area contributed by atoms with Crippen molar-refractivity contribution in [3.05, 3.63) is 52.4 Å². The molecule has 0 amide bonds. The Kier molecular flexibility index (Phi) is 4.44. The normalized spacial score (nSPS) is 12.4. The standard InChI is InChI=1S/C14H16BrNO2/c1-16-12(11-7-8-18-14(11)15)9-10-5-3-4-6-13(10)17-2/h3-8,12,16H,9H2,1-2H3. The first-order chi connectivity index (χ1) is 8.76. The van der Waals surface area contributed by atoms with Gasteiger partial charge in [0.15, 0.2) is 4.67 Å². The second-order valence-corrected chi connectivity index (χ2v) is 4.73. The fourth-order valence-corrected chi connectivity index (χ4v) is 2.53. The second kappa shape index (κ2) is 6.07. The van der Waals surface area contributed by atoms with Crippen LogP contribution in [-0.4, -0.2) is 14.2 Å². The quantitative estimate of drug-likeness (QED) is 0.917. The Labute approximate surface area is 115 Å². The number of hydrogen-bond donors (Lipinski definition) is 1. The van der Waals surface area contributed by atoms with Crippen LogP contribution in [0.15, 0.2) is 45.7 Å². The lowest BCUT2D eigenvalue weighted by Crippen LogP contribution is -2.19. The van der Waals surface area contributed by atoms with Crippen molar-refractivity contribution in [2.75, 3.05) is 14.2 Å². The number of ether oxygens (including phenoxy) is 1. The Hall–Kier alpha value is -1.26. The van der Waals surface area contributed by atoms with Crippen LogP contribution in [-0.2, 0) is 6.42 Å². The number of rotatable bonds is 5. The molecule has 0 aliphatic carbocycles. The van der Waals surface area contributed by atoms with Crippen molar-refractivity contribution >= 4 is 15.9 Å². The van der Waals surface area contributed by atoms with Crippen molar-refractivity contribution in [3.63, 3.8) is 0 Å². The smallest absolute Gasteiger partial charge is 0.173 e. The van der Waals surface area contributed by atoms with Gasteiger partial charge in [-0.3, -0.25) is 0 Å². The average molecular weight is 310 g/mol. The zero-order chi connectivity index (χ0) is 13.0. The van der Waals surface area contributed by atoms with Crippen molar-refractivity contribution in [3.8, 4) is 5.75 Å². The summed E-state index contributed by atoms with van der Waals surface area (Å²) >= 11 is 3.42. The summed E-state index contributed by atoms with van der Waals surface area (Å²) in [5, 5.41) is 3.30. The van der Waals surface area contributed by atoms with Gasteiger partial charge in [-0.05, 0) is 47.1 Å². The van der Waals surface area contributed by atoms with Gasteiger partial charge in [-0.15, -0.1) is 0 Å². The highest BCUT2D eigenvalue weighted by Crippen LogP contribution is 2.29. The van der Waals surface area contributed by atoms with Gasteiger partial charge in [-0.25, -0.2) is 0 Å². The van der Waals surface area contributed by atoms with Crippen molar-refractivity contribution < 1.29 is 9.15 Å². The van der Waals surface area contributed by atoms with Gasteiger partial charge in [-0.1, -0.05) is 18.2 Å². The van der Waals surface area contributed by atoms with Crippen molar-refractivity contribution in [2.45, 2.75) is 12.5 Å². The zero-order valence-corrected chi connectivity index (χ0v) is 12.0. The van der Waals surface area contributed by atoms with Crippen molar-refractivity contribution in [1.82, 2.24) is 5.32 Å². The van der Waals surface area contributed by atoms with Gasteiger partial charge in [0.2, 0.25) is 0 Å². The first-order valence-corrected chi connectivity index (χ1v) is 6.57. The van der Waals surface area contributed by atoms with E-state index < -0.39 is 0 Å². The molecule has 0 fully saturated rings. The van der Waals surface area contributed by atoms with E-state index in [-0.39, 0.29) is 6.04 Å². The number of nitrogens with one attached hydrogen (secondary N) is 1. The highest BCUT2D eigenvalue weighted by molar-refractivity contribution is 9.10. The summed E-state index contributed by atoms with van der Waals surface area (Å²) in [6, 6.07) is 10.2. The topological polar surface area (TPSA) is 34.4 Å².